The lowest BCUT2D eigenvalue weighted by atomic mass is 9.89. The average Bonchev–Trinajstić information content (AvgIpc) is 2.99. The molecule has 2 aromatic rings. The summed E-state index contributed by atoms with van der Waals surface area (Å²) >= 11 is 1.80. The molecule has 2 aromatic heterocycles. The number of nitrogens with zero attached hydrogens (tertiary/aromatic N) is 5. The molecule has 0 aromatic carbocycles. The van der Waals surface area contributed by atoms with Gasteiger partial charge in [-0.3, -0.25) is 4.79 Å². The van der Waals surface area contributed by atoms with E-state index >= 15 is 0 Å². The van der Waals surface area contributed by atoms with Crippen LogP contribution < -0.4 is 4.90 Å². The lowest BCUT2D eigenvalue weighted by Crippen LogP contribution is -2.49. The normalized spacial score (nSPS) is 21.0. The van der Waals surface area contributed by atoms with Gasteiger partial charge < -0.3 is 14.7 Å². The topological polar surface area (TPSA) is 52.6 Å². The first-order valence-electron chi connectivity index (χ1n) is 9.45. The van der Waals surface area contributed by atoms with Crippen molar-refractivity contribution >= 4 is 33.3 Å². The molecule has 0 bridgehead atoms. The number of piperazine rings is 1. The zero-order valence-corrected chi connectivity index (χ0v) is 16.7. The van der Waals surface area contributed by atoms with Crippen LogP contribution in [0.2, 0.25) is 0 Å². The lowest BCUT2D eigenvalue weighted by molar-refractivity contribution is -0.131. The van der Waals surface area contributed by atoms with E-state index in [9.17, 15) is 4.79 Å². The van der Waals surface area contributed by atoms with Gasteiger partial charge in [0.2, 0.25) is 5.91 Å². The fraction of sp³-hybridized carbons (Fsp3) is 0.632. The van der Waals surface area contributed by atoms with E-state index in [4.69, 9.17) is 0 Å². The van der Waals surface area contributed by atoms with Gasteiger partial charge in [-0.15, -0.1) is 11.3 Å². The summed E-state index contributed by atoms with van der Waals surface area (Å²) in [6.07, 6.45) is 5.09. The van der Waals surface area contributed by atoms with Crippen LogP contribution in [0, 0.1) is 5.92 Å². The van der Waals surface area contributed by atoms with E-state index in [1.54, 1.807) is 17.7 Å². The fourth-order valence-electron chi connectivity index (χ4n) is 3.98. The zero-order chi connectivity index (χ0) is 18.3. The van der Waals surface area contributed by atoms with E-state index in [2.05, 4.69) is 28.8 Å². The minimum atomic E-state index is 0.185. The molecule has 7 heteroatoms. The van der Waals surface area contributed by atoms with Crippen molar-refractivity contribution in [1.29, 1.82) is 0 Å². The fourth-order valence-corrected chi connectivity index (χ4v) is 5.33. The third-order valence-corrected chi connectivity index (χ3v) is 6.82. The van der Waals surface area contributed by atoms with Gasteiger partial charge in [-0.05, 0) is 37.8 Å². The number of rotatable bonds is 3. The molecule has 140 valence electrons. The molecule has 26 heavy (non-hydrogen) atoms. The van der Waals surface area contributed by atoms with Crippen molar-refractivity contribution in [3.05, 3.63) is 16.8 Å². The zero-order valence-electron chi connectivity index (χ0n) is 15.9. The molecule has 3 heterocycles. The summed E-state index contributed by atoms with van der Waals surface area (Å²) in [5, 5.41) is 1.17. The van der Waals surface area contributed by atoms with Crippen molar-refractivity contribution in [2.24, 2.45) is 5.92 Å². The van der Waals surface area contributed by atoms with Crippen molar-refractivity contribution in [2.45, 2.75) is 26.2 Å². The second-order valence-corrected chi connectivity index (χ2v) is 8.85. The van der Waals surface area contributed by atoms with E-state index in [1.165, 1.54) is 22.2 Å². The molecule has 2 aliphatic rings. The second-order valence-electron chi connectivity index (χ2n) is 7.77. The van der Waals surface area contributed by atoms with Gasteiger partial charge >= 0.3 is 0 Å². The molecule has 0 spiro atoms. The van der Waals surface area contributed by atoms with Crippen molar-refractivity contribution in [3.63, 3.8) is 0 Å². The van der Waals surface area contributed by atoms with Crippen molar-refractivity contribution in [1.82, 2.24) is 19.8 Å². The molecule has 1 aliphatic carbocycles. The highest BCUT2D eigenvalue weighted by atomic mass is 32.1. The van der Waals surface area contributed by atoms with Crippen molar-refractivity contribution < 1.29 is 4.79 Å². The third-order valence-electron chi connectivity index (χ3n) is 5.66. The van der Waals surface area contributed by atoms with Crippen LogP contribution in [0.3, 0.4) is 0 Å². The average molecular weight is 374 g/mol. The smallest absolute Gasteiger partial charge is 0.242 e. The third kappa shape index (κ3) is 3.30. The molecule has 1 amide bonds. The quantitative estimate of drug-likeness (QED) is 0.824. The minimum absolute atomic E-state index is 0.185. The molecule has 1 atom stereocenters. The summed E-state index contributed by atoms with van der Waals surface area (Å²) in [5.74, 6) is 1.83. The summed E-state index contributed by atoms with van der Waals surface area (Å²) in [6.45, 7) is 6.21. The molecule has 1 fully saturated rings. The molecule has 0 N–H and O–H groups in total. The van der Waals surface area contributed by atoms with Gasteiger partial charge in [0.15, 0.2) is 0 Å². The highest BCUT2D eigenvalue weighted by molar-refractivity contribution is 7.19. The Hall–Kier alpha value is -1.73. The van der Waals surface area contributed by atoms with Crippen LogP contribution in [-0.4, -0.2) is 72.5 Å². The number of carbonyl (C=O) groups is 1. The standard InChI is InChI=1S/C19H27N5OS/c1-13-4-5-14-15(10-13)26-19-17(14)18(20-12-21-19)23(3)11-16(25)24-8-6-22(2)7-9-24/h12-13H,4-11H2,1-3H3/t13-/m1/s1. The highest BCUT2D eigenvalue weighted by Gasteiger charge is 2.26. The number of hydrogen-bond donors (Lipinski definition) is 0. The number of thiophene rings is 1. The molecule has 1 aliphatic heterocycles. The maximum Gasteiger partial charge on any atom is 0.242 e. The summed E-state index contributed by atoms with van der Waals surface area (Å²) in [6, 6.07) is 0. The van der Waals surface area contributed by atoms with E-state index in [0.717, 1.165) is 55.6 Å². The van der Waals surface area contributed by atoms with E-state index in [0.29, 0.717) is 6.54 Å². The van der Waals surface area contributed by atoms with Crippen LogP contribution >= 0.6 is 11.3 Å². The van der Waals surface area contributed by atoms with Gasteiger partial charge in [0, 0.05) is 38.1 Å². The van der Waals surface area contributed by atoms with Gasteiger partial charge in [-0.1, -0.05) is 6.92 Å². The maximum absolute atomic E-state index is 12.7. The molecule has 0 saturated carbocycles. The van der Waals surface area contributed by atoms with E-state index in [1.807, 2.05) is 16.8 Å². The molecule has 1 saturated heterocycles. The molecule has 0 unspecified atom stereocenters. The molecule has 6 nitrogen and oxygen atoms in total. The summed E-state index contributed by atoms with van der Waals surface area (Å²) in [4.78, 5) is 30.6. The van der Waals surface area contributed by atoms with Crippen LogP contribution in [0.5, 0.6) is 0 Å². The predicted molar refractivity (Wildman–Crippen MR) is 106 cm³/mol. The van der Waals surface area contributed by atoms with Crippen LogP contribution in [0.25, 0.3) is 10.2 Å². The van der Waals surface area contributed by atoms with Gasteiger partial charge in [-0.2, -0.15) is 0 Å². The number of amides is 1. The second kappa shape index (κ2) is 7.12. The Morgan fingerprint density at radius 2 is 2.08 bits per heavy atom. The molecule has 4 rings (SSSR count). The lowest BCUT2D eigenvalue weighted by Gasteiger charge is -2.33. The Kier molecular flexibility index (Phi) is 4.84. The summed E-state index contributed by atoms with van der Waals surface area (Å²) in [7, 11) is 4.08. The highest BCUT2D eigenvalue weighted by Crippen LogP contribution is 2.40. The van der Waals surface area contributed by atoms with Gasteiger partial charge in [-0.25, -0.2) is 9.97 Å². The molecule has 0 radical (unpaired) electrons. The number of aryl methyl sites for hydroxylation is 1. The Morgan fingerprint density at radius 1 is 1.31 bits per heavy atom. The van der Waals surface area contributed by atoms with Gasteiger partial charge in [0.05, 0.1) is 11.9 Å². The van der Waals surface area contributed by atoms with E-state index < -0.39 is 0 Å². The number of aromatic nitrogens is 2. The predicted octanol–water partition coefficient (Wildman–Crippen LogP) is 2.03. The minimum Gasteiger partial charge on any atom is -0.350 e. The molecular weight excluding hydrogens is 346 g/mol. The Bertz CT molecular complexity index is 812. The Labute approximate surface area is 158 Å². The SMILES string of the molecule is C[C@@H]1CCc2c(sc3ncnc(N(C)CC(=O)N4CCN(C)CC4)c23)C1. The first-order valence-corrected chi connectivity index (χ1v) is 10.3. The maximum atomic E-state index is 12.7. The Balaban J connectivity index is 1.57. The number of anilines is 1. The number of likely N-dealkylation sites (N-methyl/N-ethyl adjacent to an activating group) is 2. The summed E-state index contributed by atoms with van der Waals surface area (Å²) < 4.78 is 0. The largest absolute Gasteiger partial charge is 0.350 e. The van der Waals surface area contributed by atoms with Crippen molar-refractivity contribution in [3.8, 4) is 0 Å². The van der Waals surface area contributed by atoms with Crippen molar-refractivity contribution in [2.75, 3.05) is 51.7 Å². The molecular formula is C19H27N5OS. The van der Waals surface area contributed by atoms with Crippen LogP contribution in [0.1, 0.15) is 23.8 Å². The van der Waals surface area contributed by atoms with Gasteiger partial charge in [0.1, 0.15) is 17.0 Å². The first-order chi connectivity index (χ1) is 12.5. The van der Waals surface area contributed by atoms with Crippen LogP contribution in [0.15, 0.2) is 6.33 Å². The Morgan fingerprint density at radius 3 is 2.85 bits per heavy atom. The number of fused-ring (bicyclic) bond motifs is 3. The monoisotopic (exact) mass is 373 g/mol. The van der Waals surface area contributed by atoms with E-state index in [-0.39, 0.29) is 5.91 Å². The number of carbonyl (C=O) groups excluding carboxylic acids is 1. The van der Waals surface area contributed by atoms with Gasteiger partial charge in [0.25, 0.3) is 0 Å². The summed E-state index contributed by atoms with van der Waals surface area (Å²) in [5.41, 5.74) is 1.41. The first kappa shape index (κ1) is 17.7. The van der Waals surface area contributed by atoms with Crippen LogP contribution in [0.4, 0.5) is 5.82 Å². The number of hydrogen-bond acceptors (Lipinski definition) is 6. The van der Waals surface area contributed by atoms with Crippen LogP contribution in [-0.2, 0) is 17.6 Å².